The standard InChI is InChI=1S/C22H25NO4/c1-25-20-12-16-11-19(22(24)27-14-15-7-4-3-5-8-15)23-10-6-9-18(23)17(16)13-21(20)26-2/h3-5,7-8,12-13,18-19H,6,9-11,14H2,1-2H3/t18-,19+/m1/s1. The highest BCUT2D eigenvalue weighted by Gasteiger charge is 2.42. The van der Waals surface area contributed by atoms with Crippen LogP contribution in [0.5, 0.6) is 11.5 Å². The fourth-order valence-electron chi connectivity index (χ4n) is 4.29. The van der Waals surface area contributed by atoms with Crippen LogP contribution in [0.15, 0.2) is 42.5 Å². The Morgan fingerprint density at radius 2 is 1.85 bits per heavy atom. The topological polar surface area (TPSA) is 48.0 Å². The van der Waals surface area contributed by atoms with Crippen LogP contribution in [0.4, 0.5) is 0 Å². The molecule has 0 amide bonds. The maximum atomic E-state index is 12.9. The number of fused-ring (bicyclic) bond motifs is 3. The van der Waals surface area contributed by atoms with Crippen molar-refractivity contribution in [1.29, 1.82) is 0 Å². The zero-order chi connectivity index (χ0) is 18.8. The normalized spacial score (nSPS) is 21.3. The molecule has 0 N–H and O–H groups in total. The van der Waals surface area contributed by atoms with Gasteiger partial charge in [-0.15, -0.1) is 0 Å². The van der Waals surface area contributed by atoms with Crippen LogP contribution in [-0.4, -0.2) is 37.7 Å². The molecule has 2 atom stereocenters. The Balaban J connectivity index is 1.57. The third kappa shape index (κ3) is 3.39. The third-order valence-corrected chi connectivity index (χ3v) is 5.61. The summed E-state index contributed by atoms with van der Waals surface area (Å²) in [6, 6.07) is 13.9. The molecule has 5 heteroatoms. The highest BCUT2D eigenvalue weighted by atomic mass is 16.5. The van der Waals surface area contributed by atoms with Gasteiger partial charge in [0.15, 0.2) is 11.5 Å². The first-order valence-electron chi connectivity index (χ1n) is 9.42. The van der Waals surface area contributed by atoms with E-state index in [1.54, 1.807) is 14.2 Å². The molecule has 0 spiro atoms. The van der Waals surface area contributed by atoms with E-state index in [0.717, 1.165) is 36.3 Å². The molecule has 0 radical (unpaired) electrons. The van der Waals surface area contributed by atoms with Gasteiger partial charge < -0.3 is 14.2 Å². The summed E-state index contributed by atoms with van der Waals surface area (Å²) in [4.78, 5) is 15.2. The second-order valence-electron chi connectivity index (χ2n) is 7.12. The molecular weight excluding hydrogens is 342 g/mol. The number of hydrogen-bond acceptors (Lipinski definition) is 5. The molecule has 4 rings (SSSR count). The lowest BCUT2D eigenvalue weighted by Crippen LogP contribution is -2.46. The Bertz CT molecular complexity index is 821. The molecule has 2 aliphatic heterocycles. The van der Waals surface area contributed by atoms with Gasteiger partial charge in [-0.05, 0) is 54.6 Å². The Kier molecular flexibility index (Phi) is 5.03. The lowest BCUT2D eigenvalue weighted by atomic mass is 9.88. The maximum Gasteiger partial charge on any atom is 0.324 e. The van der Waals surface area contributed by atoms with Gasteiger partial charge >= 0.3 is 5.97 Å². The van der Waals surface area contributed by atoms with Gasteiger partial charge in [0.2, 0.25) is 0 Å². The van der Waals surface area contributed by atoms with Crippen molar-refractivity contribution in [3.8, 4) is 11.5 Å². The Hall–Kier alpha value is -2.53. The molecule has 5 nitrogen and oxygen atoms in total. The first-order chi connectivity index (χ1) is 13.2. The summed E-state index contributed by atoms with van der Waals surface area (Å²) in [5.74, 6) is 1.30. The molecule has 27 heavy (non-hydrogen) atoms. The second-order valence-corrected chi connectivity index (χ2v) is 7.12. The molecule has 0 aliphatic carbocycles. The number of esters is 1. The predicted octanol–water partition coefficient (Wildman–Crippen LogP) is 3.51. The minimum atomic E-state index is -0.244. The summed E-state index contributed by atoms with van der Waals surface area (Å²) < 4.78 is 16.6. The van der Waals surface area contributed by atoms with Gasteiger partial charge in [0.05, 0.1) is 14.2 Å². The minimum Gasteiger partial charge on any atom is -0.493 e. The molecule has 0 bridgehead atoms. The Labute approximate surface area is 159 Å². The average molecular weight is 367 g/mol. The largest absolute Gasteiger partial charge is 0.493 e. The molecule has 1 fully saturated rings. The van der Waals surface area contributed by atoms with Gasteiger partial charge in [-0.1, -0.05) is 30.3 Å². The lowest BCUT2D eigenvalue weighted by molar-refractivity contribution is -0.152. The third-order valence-electron chi connectivity index (χ3n) is 5.61. The van der Waals surface area contributed by atoms with Crippen molar-refractivity contribution in [1.82, 2.24) is 4.90 Å². The summed E-state index contributed by atoms with van der Waals surface area (Å²) in [7, 11) is 3.30. The zero-order valence-corrected chi connectivity index (χ0v) is 15.8. The first kappa shape index (κ1) is 17.9. The smallest absolute Gasteiger partial charge is 0.324 e. The number of rotatable bonds is 5. The summed E-state index contributed by atoms with van der Waals surface area (Å²) in [5.41, 5.74) is 3.40. The van der Waals surface area contributed by atoms with Gasteiger partial charge in [0, 0.05) is 6.04 Å². The number of ether oxygens (including phenoxy) is 3. The van der Waals surface area contributed by atoms with E-state index in [1.807, 2.05) is 36.4 Å². The summed E-state index contributed by atoms with van der Waals surface area (Å²) >= 11 is 0. The summed E-state index contributed by atoms with van der Waals surface area (Å²) in [6.45, 7) is 1.23. The van der Waals surface area contributed by atoms with Gasteiger partial charge in [-0.25, -0.2) is 0 Å². The molecular formula is C22H25NO4. The molecule has 0 aromatic heterocycles. The Morgan fingerprint density at radius 3 is 2.59 bits per heavy atom. The minimum absolute atomic E-state index is 0.147. The van der Waals surface area contributed by atoms with Crippen molar-refractivity contribution >= 4 is 5.97 Å². The van der Waals surface area contributed by atoms with Gasteiger partial charge in [0.1, 0.15) is 12.6 Å². The number of methoxy groups -OCH3 is 2. The van der Waals surface area contributed by atoms with Crippen LogP contribution < -0.4 is 9.47 Å². The molecule has 2 aromatic carbocycles. The number of benzene rings is 2. The fraction of sp³-hybridized carbons (Fsp3) is 0.409. The average Bonchev–Trinajstić information content (AvgIpc) is 3.21. The van der Waals surface area contributed by atoms with Crippen molar-refractivity contribution in [2.75, 3.05) is 20.8 Å². The van der Waals surface area contributed by atoms with Crippen LogP contribution in [0.1, 0.15) is 35.6 Å². The first-order valence-corrected chi connectivity index (χ1v) is 9.42. The van der Waals surface area contributed by atoms with Crippen LogP contribution in [0.25, 0.3) is 0 Å². The molecule has 2 aromatic rings. The van der Waals surface area contributed by atoms with Crippen molar-refractivity contribution < 1.29 is 19.0 Å². The molecule has 142 valence electrons. The summed E-state index contributed by atoms with van der Waals surface area (Å²) in [6.07, 6.45) is 2.77. The molecule has 0 saturated carbocycles. The molecule has 1 saturated heterocycles. The predicted molar refractivity (Wildman–Crippen MR) is 102 cm³/mol. The molecule has 2 heterocycles. The van der Waals surface area contributed by atoms with E-state index in [9.17, 15) is 4.79 Å². The van der Waals surface area contributed by atoms with Crippen LogP contribution in [0, 0.1) is 0 Å². The molecule has 0 unspecified atom stereocenters. The van der Waals surface area contributed by atoms with E-state index in [0.29, 0.717) is 18.8 Å². The number of hydrogen-bond donors (Lipinski definition) is 0. The highest BCUT2D eigenvalue weighted by Crippen LogP contribution is 2.44. The van der Waals surface area contributed by atoms with Crippen LogP contribution in [-0.2, 0) is 22.6 Å². The van der Waals surface area contributed by atoms with E-state index in [2.05, 4.69) is 11.0 Å². The van der Waals surface area contributed by atoms with E-state index >= 15 is 0 Å². The van der Waals surface area contributed by atoms with E-state index in [-0.39, 0.29) is 18.1 Å². The number of carbonyl (C=O) groups excluding carboxylic acids is 1. The van der Waals surface area contributed by atoms with E-state index in [1.165, 1.54) is 5.56 Å². The SMILES string of the molecule is COc1cc2c(cc1OC)[C@H]1CCCN1[C@H](C(=O)OCc1ccccc1)C2. The van der Waals surface area contributed by atoms with Crippen LogP contribution in [0.2, 0.25) is 0 Å². The van der Waals surface area contributed by atoms with Crippen molar-refractivity contribution in [3.05, 3.63) is 59.2 Å². The van der Waals surface area contributed by atoms with E-state index in [4.69, 9.17) is 14.2 Å². The van der Waals surface area contributed by atoms with E-state index < -0.39 is 0 Å². The number of carbonyl (C=O) groups is 1. The van der Waals surface area contributed by atoms with Gasteiger partial charge in [-0.3, -0.25) is 9.69 Å². The highest BCUT2D eigenvalue weighted by molar-refractivity contribution is 5.77. The van der Waals surface area contributed by atoms with Gasteiger partial charge in [-0.2, -0.15) is 0 Å². The van der Waals surface area contributed by atoms with Crippen molar-refractivity contribution in [3.63, 3.8) is 0 Å². The summed E-state index contributed by atoms with van der Waals surface area (Å²) in [5, 5.41) is 0. The maximum absolute atomic E-state index is 12.9. The number of nitrogens with zero attached hydrogens (tertiary/aromatic N) is 1. The van der Waals surface area contributed by atoms with Gasteiger partial charge in [0.25, 0.3) is 0 Å². The van der Waals surface area contributed by atoms with Crippen LogP contribution >= 0.6 is 0 Å². The molecule has 2 aliphatic rings. The fourth-order valence-corrected chi connectivity index (χ4v) is 4.29. The second kappa shape index (κ2) is 7.61. The quantitative estimate of drug-likeness (QED) is 0.757. The lowest BCUT2D eigenvalue weighted by Gasteiger charge is -2.38. The zero-order valence-electron chi connectivity index (χ0n) is 15.8. The van der Waals surface area contributed by atoms with Crippen LogP contribution in [0.3, 0.4) is 0 Å². The Morgan fingerprint density at radius 1 is 1.11 bits per heavy atom. The van der Waals surface area contributed by atoms with Crippen molar-refractivity contribution in [2.24, 2.45) is 0 Å². The monoisotopic (exact) mass is 367 g/mol. The van der Waals surface area contributed by atoms with Crippen molar-refractivity contribution in [2.45, 2.75) is 38.0 Å².